The zero-order valence-corrected chi connectivity index (χ0v) is 13.0. The third-order valence-corrected chi connectivity index (χ3v) is 3.48. The summed E-state index contributed by atoms with van der Waals surface area (Å²) in [6.07, 6.45) is 0.553. The van der Waals surface area contributed by atoms with Crippen LogP contribution in [0.5, 0.6) is 0 Å². The Morgan fingerprint density at radius 3 is 2.50 bits per heavy atom. The van der Waals surface area contributed by atoms with E-state index < -0.39 is 0 Å². The number of carbonyl (C=O) groups is 1. The van der Waals surface area contributed by atoms with Crippen LogP contribution in [0, 0.1) is 19.8 Å². The van der Waals surface area contributed by atoms with Crippen molar-refractivity contribution in [1.82, 2.24) is 15.1 Å². The van der Waals surface area contributed by atoms with Gasteiger partial charge in [0.05, 0.1) is 17.1 Å². The van der Waals surface area contributed by atoms with Gasteiger partial charge >= 0.3 is 6.03 Å². The Hall–Kier alpha value is -1.56. The molecule has 1 atom stereocenters. The second kappa shape index (κ2) is 7.28. The molecule has 0 fully saturated rings. The molecule has 0 aliphatic heterocycles. The molecule has 114 valence electrons. The lowest BCUT2D eigenvalue weighted by molar-refractivity contribution is 0.227. The maximum atomic E-state index is 12.1. The highest BCUT2D eigenvalue weighted by Gasteiger charge is 2.18. The number of aromatic nitrogens is 2. The molecule has 6 nitrogen and oxygen atoms in total. The van der Waals surface area contributed by atoms with Gasteiger partial charge in [-0.2, -0.15) is 5.10 Å². The minimum absolute atomic E-state index is 0.0400. The quantitative estimate of drug-likeness (QED) is 0.747. The van der Waals surface area contributed by atoms with Gasteiger partial charge in [0.2, 0.25) is 0 Å². The number of nitrogens with zero attached hydrogens (tertiary/aromatic N) is 2. The van der Waals surface area contributed by atoms with Crippen LogP contribution in [-0.2, 0) is 6.54 Å². The lowest BCUT2D eigenvalue weighted by atomic mass is 10.0. The number of urea groups is 1. The van der Waals surface area contributed by atoms with Crippen LogP contribution < -0.4 is 10.6 Å². The Bertz CT molecular complexity index is 454. The van der Waals surface area contributed by atoms with Crippen LogP contribution in [0.1, 0.15) is 38.6 Å². The molecule has 1 aromatic heterocycles. The highest BCUT2D eigenvalue weighted by Crippen LogP contribution is 2.19. The average molecular weight is 282 g/mol. The summed E-state index contributed by atoms with van der Waals surface area (Å²) < 4.78 is 1.86. The molecule has 20 heavy (non-hydrogen) atoms. The van der Waals surface area contributed by atoms with E-state index in [0.717, 1.165) is 23.6 Å². The molecule has 0 aromatic carbocycles. The van der Waals surface area contributed by atoms with E-state index >= 15 is 0 Å². The molecule has 0 aliphatic rings. The molecule has 0 saturated carbocycles. The fourth-order valence-corrected chi connectivity index (χ4v) is 2.21. The second-order valence-corrected chi connectivity index (χ2v) is 5.32. The summed E-state index contributed by atoms with van der Waals surface area (Å²) in [5.74, 6) is 0.272. The monoisotopic (exact) mass is 282 g/mol. The number of nitrogens with one attached hydrogen (secondary N) is 2. The molecule has 2 amide bonds. The lowest BCUT2D eigenvalue weighted by Gasteiger charge is -2.21. The summed E-state index contributed by atoms with van der Waals surface area (Å²) in [6.45, 7) is 10.7. The van der Waals surface area contributed by atoms with Crippen molar-refractivity contribution in [2.75, 3.05) is 11.9 Å². The van der Waals surface area contributed by atoms with Gasteiger partial charge in [0, 0.05) is 19.2 Å². The molecule has 0 spiro atoms. The van der Waals surface area contributed by atoms with Crippen molar-refractivity contribution >= 4 is 11.7 Å². The highest BCUT2D eigenvalue weighted by molar-refractivity contribution is 5.90. The van der Waals surface area contributed by atoms with Crippen LogP contribution >= 0.6 is 0 Å². The molecule has 0 saturated heterocycles. The Morgan fingerprint density at radius 2 is 2.05 bits per heavy atom. The number of aliphatic hydroxyl groups excluding tert-OH is 1. The number of hydrogen-bond donors (Lipinski definition) is 3. The van der Waals surface area contributed by atoms with Crippen molar-refractivity contribution in [2.24, 2.45) is 5.92 Å². The SMILES string of the molecule is CCn1nc(C)c(NC(=O)NC(CCO)C(C)C)c1C. The van der Waals surface area contributed by atoms with Gasteiger partial charge in [-0.05, 0) is 33.1 Å². The lowest BCUT2D eigenvalue weighted by Crippen LogP contribution is -2.41. The fourth-order valence-electron chi connectivity index (χ4n) is 2.21. The third-order valence-electron chi connectivity index (χ3n) is 3.48. The second-order valence-electron chi connectivity index (χ2n) is 5.32. The summed E-state index contributed by atoms with van der Waals surface area (Å²) in [6, 6.07) is -0.291. The largest absolute Gasteiger partial charge is 0.396 e. The molecule has 1 unspecified atom stereocenters. The van der Waals surface area contributed by atoms with Gasteiger partial charge < -0.3 is 15.7 Å². The van der Waals surface area contributed by atoms with E-state index in [-0.39, 0.29) is 24.6 Å². The van der Waals surface area contributed by atoms with E-state index in [9.17, 15) is 4.79 Å². The molecule has 0 bridgehead atoms. The van der Waals surface area contributed by atoms with E-state index in [2.05, 4.69) is 15.7 Å². The van der Waals surface area contributed by atoms with E-state index in [1.807, 2.05) is 39.3 Å². The average Bonchev–Trinajstić information content (AvgIpc) is 2.65. The predicted octanol–water partition coefficient (Wildman–Crippen LogP) is 2.05. The van der Waals surface area contributed by atoms with Gasteiger partial charge in [0.1, 0.15) is 0 Å². The Labute approximate surface area is 120 Å². The number of rotatable bonds is 6. The van der Waals surface area contributed by atoms with Crippen LogP contribution in [-0.4, -0.2) is 33.6 Å². The summed E-state index contributed by atoms with van der Waals surface area (Å²) in [5, 5.41) is 19.2. The van der Waals surface area contributed by atoms with Crippen molar-refractivity contribution in [3.8, 4) is 0 Å². The molecular weight excluding hydrogens is 256 g/mol. The topological polar surface area (TPSA) is 79.2 Å². The molecule has 0 radical (unpaired) electrons. The first-order valence-electron chi connectivity index (χ1n) is 7.13. The molecule has 6 heteroatoms. The first kappa shape index (κ1) is 16.5. The van der Waals surface area contributed by atoms with Gasteiger partial charge in [0.25, 0.3) is 0 Å². The maximum absolute atomic E-state index is 12.1. The number of hydrogen-bond acceptors (Lipinski definition) is 3. The van der Waals surface area contributed by atoms with Gasteiger partial charge in [-0.15, -0.1) is 0 Å². The molecule has 1 aromatic rings. The fraction of sp³-hybridized carbons (Fsp3) is 0.714. The van der Waals surface area contributed by atoms with Gasteiger partial charge in [-0.25, -0.2) is 4.79 Å². The van der Waals surface area contributed by atoms with Crippen molar-refractivity contribution < 1.29 is 9.90 Å². The van der Waals surface area contributed by atoms with E-state index in [0.29, 0.717) is 6.42 Å². The Balaban J connectivity index is 2.73. The zero-order chi connectivity index (χ0) is 15.3. The zero-order valence-electron chi connectivity index (χ0n) is 13.0. The van der Waals surface area contributed by atoms with Crippen LogP contribution in [0.3, 0.4) is 0 Å². The summed E-state index contributed by atoms with van der Waals surface area (Å²) in [5.41, 5.74) is 2.52. The van der Waals surface area contributed by atoms with E-state index in [4.69, 9.17) is 5.11 Å². The van der Waals surface area contributed by atoms with Crippen molar-refractivity contribution in [3.05, 3.63) is 11.4 Å². The predicted molar refractivity (Wildman–Crippen MR) is 79.9 cm³/mol. The smallest absolute Gasteiger partial charge is 0.319 e. The number of aryl methyl sites for hydroxylation is 2. The standard InChI is InChI=1S/C14H26N4O2/c1-6-18-11(5)13(10(4)17-18)16-14(20)15-12(7-8-19)9(2)3/h9,12,19H,6-8H2,1-5H3,(H2,15,16,20). The summed E-state index contributed by atoms with van der Waals surface area (Å²) >= 11 is 0. The number of amides is 2. The van der Waals surface area contributed by atoms with Crippen molar-refractivity contribution in [3.63, 3.8) is 0 Å². The molecular formula is C14H26N4O2. The maximum Gasteiger partial charge on any atom is 0.319 e. The highest BCUT2D eigenvalue weighted by atomic mass is 16.3. The molecule has 1 rings (SSSR count). The number of carbonyl (C=O) groups excluding carboxylic acids is 1. The van der Waals surface area contributed by atoms with Gasteiger partial charge in [0.15, 0.2) is 0 Å². The molecule has 0 aliphatic carbocycles. The third kappa shape index (κ3) is 3.96. The van der Waals surface area contributed by atoms with Gasteiger partial charge in [-0.1, -0.05) is 13.8 Å². The van der Waals surface area contributed by atoms with E-state index in [1.54, 1.807) is 0 Å². The number of aliphatic hydroxyl groups is 1. The normalized spacial score (nSPS) is 12.6. The summed E-state index contributed by atoms with van der Waals surface area (Å²) in [7, 11) is 0. The van der Waals surface area contributed by atoms with Crippen molar-refractivity contribution in [1.29, 1.82) is 0 Å². The molecule has 1 heterocycles. The van der Waals surface area contributed by atoms with Crippen LogP contribution in [0.25, 0.3) is 0 Å². The minimum atomic E-state index is -0.251. The van der Waals surface area contributed by atoms with E-state index in [1.165, 1.54) is 0 Å². The van der Waals surface area contributed by atoms with Crippen LogP contribution in [0.15, 0.2) is 0 Å². The van der Waals surface area contributed by atoms with Crippen molar-refractivity contribution in [2.45, 2.75) is 53.6 Å². The summed E-state index contributed by atoms with van der Waals surface area (Å²) in [4.78, 5) is 12.1. The number of anilines is 1. The Morgan fingerprint density at radius 1 is 1.40 bits per heavy atom. The Kier molecular flexibility index (Phi) is 6.01. The van der Waals surface area contributed by atoms with Crippen LogP contribution in [0.2, 0.25) is 0 Å². The minimum Gasteiger partial charge on any atom is -0.396 e. The molecule has 3 N–H and O–H groups in total. The first-order valence-corrected chi connectivity index (χ1v) is 7.13. The first-order chi connectivity index (χ1) is 9.40. The van der Waals surface area contributed by atoms with Crippen LogP contribution in [0.4, 0.5) is 10.5 Å². The van der Waals surface area contributed by atoms with Gasteiger partial charge in [-0.3, -0.25) is 4.68 Å².